The summed E-state index contributed by atoms with van der Waals surface area (Å²) in [5, 5.41) is 7.71. The third-order valence-electron chi connectivity index (χ3n) is 0.572. The zero-order chi connectivity index (χ0) is 11.1. The molecule has 0 saturated carbocycles. The molecule has 0 atom stereocenters. The predicted octanol–water partition coefficient (Wildman–Crippen LogP) is -1.00. The Morgan fingerprint density at radius 2 is 1.77 bits per heavy atom. The molecule has 0 amide bonds. The number of alkyl halides is 3. The first kappa shape index (κ1) is 14.2. The van der Waals surface area contributed by atoms with Crippen molar-refractivity contribution in [3.05, 3.63) is 0 Å². The zero-order valence-corrected chi connectivity index (χ0v) is 6.17. The summed E-state index contributed by atoms with van der Waals surface area (Å²) >= 11 is 0. The van der Waals surface area contributed by atoms with Crippen molar-refractivity contribution in [1.29, 1.82) is 0 Å². The van der Waals surface area contributed by atoms with Crippen molar-refractivity contribution < 1.29 is 32.6 Å². The highest BCUT2D eigenvalue weighted by Gasteiger charge is 2.36. The van der Waals surface area contributed by atoms with E-state index in [0.717, 1.165) is 0 Å². The normalized spacial score (nSPS) is 9.62. The summed E-state index contributed by atoms with van der Waals surface area (Å²) in [4.78, 5) is 19.4. The molecule has 0 unspecified atom stereocenters. The number of hydrogen-bond acceptors (Lipinski definition) is 5. The maximum absolute atomic E-state index is 11.7. The lowest BCUT2D eigenvalue weighted by molar-refractivity contribution is -0.239. The maximum Gasteiger partial charge on any atom is 0.429 e. The number of carbonyl (C=O) groups is 2. The molecule has 78 valence electrons. The molecule has 0 saturated heterocycles. The fraction of sp³-hybridized carbons (Fsp3) is 0.500. The molecule has 6 nitrogen and oxygen atoms in total. The standard InChI is InChI=1S/C4H3F3O4.H4N2/c5-1-4(6,7)11-3(10)2(8)9;1-2/h1H2,(H,8,9);1-2H2. The van der Waals surface area contributed by atoms with E-state index in [-0.39, 0.29) is 0 Å². The van der Waals surface area contributed by atoms with Gasteiger partial charge in [0.05, 0.1) is 0 Å². The first-order chi connectivity index (χ1) is 5.89. The molecule has 0 heterocycles. The fourth-order valence-corrected chi connectivity index (χ4v) is 0.207. The fourth-order valence-electron chi connectivity index (χ4n) is 0.207. The van der Waals surface area contributed by atoms with Crippen LogP contribution in [0.1, 0.15) is 0 Å². The molecule has 0 aromatic rings. The van der Waals surface area contributed by atoms with Crippen LogP contribution in [0.3, 0.4) is 0 Å². The van der Waals surface area contributed by atoms with Crippen LogP contribution < -0.4 is 11.7 Å². The molecular formula is C4H7F3N2O4. The molecule has 0 rings (SSSR count). The Balaban J connectivity index is 0. The van der Waals surface area contributed by atoms with Gasteiger partial charge in [0.15, 0.2) is 6.67 Å². The van der Waals surface area contributed by atoms with Gasteiger partial charge >= 0.3 is 18.0 Å². The van der Waals surface area contributed by atoms with Gasteiger partial charge in [-0.15, -0.1) is 0 Å². The Bertz CT molecular complexity index is 186. The highest BCUT2D eigenvalue weighted by Crippen LogP contribution is 2.15. The van der Waals surface area contributed by atoms with Crippen LogP contribution in [0.4, 0.5) is 13.2 Å². The third-order valence-corrected chi connectivity index (χ3v) is 0.572. The number of carbonyl (C=O) groups excluding carboxylic acids is 1. The summed E-state index contributed by atoms with van der Waals surface area (Å²) in [6.45, 7) is -2.24. The van der Waals surface area contributed by atoms with Crippen LogP contribution in [0.5, 0.6) is 0 Å². The van der Waals surface area contributed by atoms with Gasteiger partial charge in [-0.2, -0.15) is 8.78 Å². The van der Waals surface area contributed by atoms with E-state index in [1.165, 1.54) is 0 Å². The van der Waals surface area contributed by atoms with E-state index in [2.05, 4.69) is 16.4 Å². The van der Waals surface area contributed by atoms with E-state index in [4.69, 9.17) is 5.11 Å². The summed E-state index contributed by atoms with van der Waals surface area (Å²) in [6.07, 6.45) is -4.35. The SMILES string of the molecule is NN.O=C(O)C(=O)OC(F)(F)CF. The second kappa shape index (κ2) is 6.20. The van der Waals surface area contributed by atoms with Crippen LogP contribution in [0, 0.1) is 0 Å². The Kier molecular flexibility index (Phi) is 6.76. The van der Waals surface area contributed by atoms with Crippen LogP contribution in [0.2, 0.25) is 0 Å². The van der Waals surface area contributed by atoms with Gasteiger partial charge in [0.2, 0.25) is 0 Å². The number of halogens is 3. The molecule has 13 heavy (non-hydrogen) atoms. The number of esters is 1. The Labute approximate surface area is 70.2 Å². The van der Waals surface area contributed by atoms with Crippen molar-refractivity contribution in [2.45, 2.75) is 6.11 Å². The minimum atomic E-state index is -4.35. The molecule has 0 spiro atoms. The van der Waals surface area contributed by atoms with Crippen molar-refractivity contribution in [3.63, 3.8) is 0 Å². The molecule has 0 fully saturated rings. The largest absolute Gasteiger partial charge is 0.473 e. The molecule has 0 aromatic carbocycles. The number of hydrogen-bond donors (Lipinski definition) is 3. The molecule has 0 radical (unpaired) electrons. The van der Waals surface area contributed by atoms with E-state index in [1.54, 1.807) is 0 Å². The number of rotatable bonds is 2. The van der Waals surface area contributed by atoms with E-state index < -0.39 is 24.7 Å². The van der Waals surface area contributed by atoms with Gasteiger partial charge < -0.3 is 9.84 Å². The molecule has 0 aromatic heterocycles. The second-order valence-electron chi connectivity index (χ2n) is 1.47. The average Bonchev–Trinajstić information content (AvgIpc) is 2.07. The molecular weight excluding hydrogens is 197 g/mol. The summed E-state index contributed by atoms with van der Waals surface area (Å²) in [5.74, 6) is 3.62. The average molecular weight is 204 g/mol. The minimum absolute atomic E-state index is 2.19. The molecule has 0 bridgehead atoms. The van der Waals surface area contributed by atoms with E-state index in [1.807, 2.05) is 0 Å². The summed E-state index contributed by atoms with van der Waals surface area (Å²) in [5.41, 5.74) is 0. The van der Waals surface area contributed by atoms with Gasteiger partial charge in [0.25, 0.3) is 0 Å². The van der Waals surface area contributed by atoms with Crippen LogP contribution in [0.25, 0.3) is 0 Å². The van der Waals surface area contributed by atoms with E-state index in [0.29, 0.717) is 0 Å². The van der Waals surface area contributed by atoms with Gasteiger partial charge in [0.1, 0.15) is 0 Å². The number of carboxylic acids is 1. The van der Waals surface area contributed by atoms with Gasteiger partial charge in [-0.05, 0) is 0 Å². The van der Waals surface area contributed by atoms with E-state index >= 15 is 0 Å². The van der Waals surface area contributed by atoms with Crippen LogP contribution in [-0.2, 0) is 14.3 Å². The van der Waals surface area contributed by atoms with Crippen LogP contribution in [-0.4, -0.2) is 29.8 Å². The summed E-state index contributed by atoms with van der Waals surface area (Å²) in [7, 11) is 0. The van der Waals surface area contributed by atoms with Gasteiger partial charge in [-0.1, -0.05) is 0 Å². The maximum atomic E-state index is 11.7. The number of carboxylic acid groups (broad SMARTS) is 1. The van der Waals surface area contributed by atoms with E-state index in [9.17, 15) is 22.8 Å². The number of nitrogens with two attached hydrogens (primary N) is 2. The Hall–Kier alpha value is -1.35. The molecule has 0 aliphatic heterocycles. The Morgan fingerprint density at radius 3 is 2.00 bits per heavy atom. The minimum Gasteiger partial charge on any atom is -0.473 e. The molecule has 0 aliphatic rings. The lowest BCUT2D eigenvalue weighted by Crippen LogP contribution is -2.30. The number of aliphatic carboxylic acids is 1. The van der Waals surface area contributed by atoms with Crippen LogP contribution >= 0.6 is 0 Å². The Morgan fingerprint density at radius 1 is 1.38 bits per heavy atom. The number of hydrazine groups is 1. The molecule has 0 aliphatic carbocycles. The highest BCUT2D eigenvalue weighted by atomic mass is 19.3. The van der Waals surface area contributed by atoms with Crippen molar-refractivity contribution in [1.82, 2.24) is 0 Å². The molecule has 5 N–H and O–H groups in total. The monoisotopic (exact) mass is 204 g/mol. The van der Waals surface area contributed by atoms with Crippen molar-refractivity contribution in [3.8, 4) is 0 Å². The lowest BCUT2D eigenvalue weighted by atomic mass is 10.6. The van der Waals surface area contributed by atoms with Crippen LogP contribution in [0.15, 0.2) is 0 Å². The quantitative estimate of drug-likeness (QED) is 0.230. The topological polar surface area (TPSA) is 116 Å². The molecule has 9 heteroatoms. The first-order valence-corrected chi connectivity index (χ1v) is 2.62. The zero-order valence-electron chi connectivity index (χ0n) is 6.17. The third kappa shape index (κ3) is 7.03. The predicted molar refractivity (Wildman–Crippen MR) is 33.0 cm³/mol. The van der Waals surface area contributed by atoms with Crippen molar-refractivity contribution in [2.75, 3.05) is 6.67 Å². The summed E-state index contributed by atoms with van der Waals surface area (Å²) in [6, 6.07) is 0. The second-order valence-corrected chi connectivity index (χ2v) is 1.47. The first-order valence-electron chi connectivity index (χ1n) is 2.62. The lowest BCUT2D eigenvalue weighted by Gasteiger charge is -2.09. The van der Waals surface area contributed by atoms with Gasteiger partial charge in [-0.3, -0.25) is 11.7 Å². The van der Waals surface area contributed by atoms with Crippen molar-refractivity contribution >= 4 is 11.9 Å². The van der Waals surface area contributed by atoms with Crippen molar-refractivity contribution in [2.24, 2.45) is 11.7 Å². The number of ether oxygens (including phenoxy) is 1. The summed E-state index contributed by atoms with van der Waals surface area (Å²) < 4.78 is 37.4. The van der Waals surface area contributed by atoms with Gasteiger partial charge in [-0.25, -0.2) is 14.0 Å². The smallest absolute Gasteiger partial charge is 0.429 e. The highest BCUT2D eigenvalue weighted by molar-refractivity contribution is 6.28. The van der Waals surface area contributed by atoms with Gasteiger partial charge in [0, 0.05) is 0 Å².